The molecule has 3 unspecified atom stereocenters. The monoisotopic (exact) mass is 196 g/mol. The van der Waals surface area contributed by atoms with Gasteiger partial charge in [0, 0.05) is 19.1 Å². The number of likely N-dealkylation sites (tertiary alicyclic amines) is 1. The minimum absolute atomic E-state index is 0.820. The minimum atomic E-state index is 0.820. The summed E-state index contributed by atoms with van der Waals surface area (Å²) < 4.78 is 0. The van der Waals surface area contributed by atoms with Crippen LogP contribution in [0.5, 0.6) is 0 Å². The lowest BCUT2D eigenvalue weighted by Crippen LogP contribution is -2.48. The van der Waals surface area contributed by atoms with Crippen LogP contribution in [0.15, 0.2) is 0 Å². The highest BCUT2D eigenvalue weighted by atomic mass is 15.2. The molecular formula is C12H24N2. The zero-order valence-corrected chi connectivity index (χ0v) is 9.79. The predicted octanol–water partition coefficient (Wildman–Crippen LogP) is 1.57. The van der Waals surface area contributed by atoms with E-state index in [0.717, 1.165) is 23.8 Å². The van der Waals surface area contributed by atoms with Crippen molar-refractivity contribution in [3.05, 3.63) is 0 Å². The van der Waals surface area contributed by atoms with Crippen molar-refractivity contribution in [2.75, 3.05) is 26.2 Å². The highest BCUT2D eigenvalue weighted by Gasteiger charge is 2.30. The van der Waals surface area contributed by atoms with Gasteiger partial charge in [0.25, 0.3) is 0 Å². The van der Waals surface area contributed by atoms with Gasteiger partial charge in [-0.15, -0.1) is 0 Å². The molecule has 2 heterocycles. The van der Waals surface area contributed by atoms with E-state index in [1.807, 2.05) is 0 Å². The first-order chi connectivity index (χ1) is 6.66. The fourth-order valence-electron chi connectivity index (χ4n) is 2.87. The number of nitrogens with zero attached hydrogens (tertiary/aromatic N) is 1. The molecule has 0 aromatic rings. The van der Waals surface area contributed by atoms with Crippen molar-refractivity contribution >= 4 is 0 Å². The van der Waals surface area contributed by atoms with Crippen LogP contribution in [0.1, 0.15) is 27.2 Å². The van der Waals surface area contributed by atoms with Gasteiger partial charge in [-0.3, -0.25) is 0 Å². The van der Waals surface area contributed by atoms with E-state index < -0.39 is 0 Å². The third kappa shape index (κ3) is 2.12. The molecule has 14 heavy (non-hydrogen) atoms. The van der Waals surface area contributed by atoms with Crippen molar-refractivity contribution in [3.63, 3.8) is 0 Å². The van der Waals surface area contributed by atoms with Crippen molar-refractivity contribution in [2.45, 2.75) is 33.2 Å². The summed E-state index contributed by atoms with van der Waals surface area (Å²) in [6.45, 7) is 12.3. The van der Waals surface area contributed by atoms with E-state index in [1.165, 1.54) is 32.6 Å². The summed E-state index contributed by atoms with van der Waals surface area (Å²) in [5.41, 5.74) is 0. The summed E-state index contributed by atoms with van der Waals surface area (Å²) in [6.07, 6.45) is 1.40. The van der Waals surface area contributed by atoms with Crippen LogP contribution in [0, 0.1) is 17.8 Å². The van der Waals surface area contributed by atoms with E-state index in [0.29, 0.717) is 0 Å². The highest BCUT2D eigenvalue weighted by Crippen LogP contribution is 2.25. The number of nitrogens with one attached hydrogen (secondary N) is 1. The van der Waals surface area contributed by atoms with Crippen LogP contribution in [-0.4, -0.2) is 37.1 Å². The number of rotatable bonds is 3. The first-order valence-corrected chi connectivity index (χ1v) is 6.11. The molecule has 0 radical (unpaired) electrons. The largest absolute Gasteiger partial charge is 0.316 e. The summed E-state index contributed by atoms with van der Waals surface area (Å²) >= 11 is 0. The molecule has 2 rings (SSSR count). The van der Waals surface area contributed by atoms with Gasteiger partial charge in [-0.1, -0.05) is 13.8 Å². The molecule has 2 fully saturated rings. The number of hydrogen-bond donors (Lipinski definition) is 1. The fraction of sp³-hybridized carbons (Fsp3) is 1.00. The topological polar surface area (TPSA) is 15.3 Å². The Bertz CT molecular complexity index is 189. The first kappa shape index (κ1) is 10.4. The molecule has 0 aromatic carbocycles. The molecule has 0 bridgehead atoms. The second-order valence-corrected chi connectivity index (χ2v) is 5.54. The Kier molecular flexibility index (Phi) is 3.13. The smallest absolute Gasteiger partial charge is 0.00701 e. The molecule has 0 aromatic heterocycles. The zero-order chi connectivity index (χ0) is 10.1. The summed E-state index contributed by atoms with van der Waals surface area (Å²) in [5, 5.41) is 3.37. The van der Waals surface area contributed by atoms with Crippen molar-refractivity contribution in [1.82, 2.24) is 10.2 Å². The quantitative estimate of drug-likeness (QED) is 0.737. The van der Waals surface area contributed by atoms with Gasteiger partial charge in [-0.05, 0) is 44.2 Å². The van der Waals surface area contributed by atoms with Crippen molar-refractivity contribution in [3.8, 4) is 0 Å². The van der Waals surface area contributed by atoms with E-state index in [-0.39, 0.29) is 0 Å². The maximum atomic E-state index is 3.37. The Morgan fingerprint density at radius 3 is 2.50 bits per heavy atom. The van der Waals surface area contributed by atoms with Gasteiger partial charge in [-0.25, -0.2) is 0 Å². The highest BCUT2D eigenvalue weighted by molar-refractivity contribution is 4.85. The van der Waals surface area contributed by atoms with E-state index in [2.05, 4.69) is 31.0 Å². The second kappa shape index (κ2) is 4.19. The average molecular weight is 196 g/mol. The molecule has 0 saturated carbocycles. The Hall–Kier alpha value is -0.0800. The Balaban J connectivity index is 1.78. The SMILES string of the molecule is CC1CC(C)N(CC(C)C2CNC2)C1. The lowest BCUT2D eigenvalue weighted by molar-refractivity contribution is 0.160. The van der Waals surface area contributed by atoms with Gasteiger partial charge in [0.05, 0.1) is 0 Å². The molecule has 2 heteroatoms. The minimum Gasteiger partial charge on any atom is -0.316 e. The Labute approximate surface area is 88.1 Å². The third-order valence-corrected chi connectivity index (χ3v) is 4.05. The fourth-order valence-corrected chi connectivity index (χ4v) is 2.87. The van der Waals surface area contributed by atoms with Crippen LogP contribution >= 0.6 is 0 Å². The van der Waals surface area contributed by atoms with Crippen LogP contribution in [0.25, 0.3) is 0 Å². The van der Waals surface area contributed by atoms with Gasteiger partial charge >= 0.3 is 0 Å². The van der Waals surface area contributed by atoms with Gasteiger partial charge in [0.1, 0.15) is 0 Å². The third-order valence-electron chi connectivity index (χ3n) is 4.05. The standard InChI is InChI=1S/C12H24N2/c1-9-4-11(3)14(7-9)8-10(2)12-5-13-6-12/h9-13H,4-8H2,1-3H3. The lowest BCUT2D eigenvalue weighted by Gasteiger charge is -2.35. The van der Waals surface area contributed by atoms with E-state index in [4.69, 9.17) is 0 Å². The maximum absolute atomic E-state index is 3.37. The Morgan fingerprint density at radius 2 is 2.07 bits per heavy atom. The van der Waals surface area contributed by atoms with Crippen LogP contribution in [0.2, 0.25) is 0 Å². The molecule has 0 amide bonds. The molecule has 0 spiro atoms. The predicted molar refractivity (Wildman–Crippen MR) is 60.3 cm³/mol. The normalized spacial score (nSPS) is 37.1. The lowest BCUT2D eigenvalue weighted by atomic mass is 9.88. The summed E-state index contributed by atoms with van der Waals surface area (Å²) in [4.78, 5) is 2.69. The van der Waals surface area contributed by atoms with E-state index in [9.17, 15) is 0 Å². The van der Waals surface area contributed by atoms with E-state index in [1.54, 1.807) is 0 Å². The van der Waals surface area contributed by atoms with Crippen molar-refractivity contribution < 1.29 is 0 Å². The Morgan fingerprint density at radius 1 is 1.36 bits per heavy atom. The molecule has 3 atom stereocenters. The zero-order valence-electron chi connectivity index (χ0n) is 9.79. The first-order valence-electron chi connectivity index (χ1n) is 6.11. The molecule has 2 aliphatic rings. The molecule has 0 aliphatic carbocycles. The van der Waals surface area contributed by atoms with Gasteiger partial charge in [0.15, 0.2) is 0 Å². The maximum Gasteiger partial charge on any atom is 0.00701 e. The van der Waals surface area contributed by atoms with Crippen LogP contribution in [0.3, 0.4) is 0 Å². The second-order valence-electron chi connectivity index (χ2n) is 5.54. The number of hydrogen-bond acceptors (Lipinski definition) is 2. The van der Waals surface area contributed by atoms with Crippen LogP contribution in [-0.2, 0) is 0 Å². The summed E-state index contributed by atoms with van der Waals surface area (Å²) in [6, 6.07) is 0.820. The molecule has 2 nitrogen and oxygen atoms in total. The summed E-state index contributed by atoms with van der Waals surface area (Å²) in [7, 11) is 0. The molecular weight excluding hydrogens is 172 g/mol. The molecule has 82 valence electrons. The summed E-state index contributed by atoms with van der Waals surface area (Å²) in [5.74, 6) is 2.74. The van der Waals surface area contributed by atoms with E-state index >= 15 is 0 Å². The average Bonchev–Trinajstić information content (AvgIpc) is 2.26. The van der Waals surface area contributed by atoms with Crippen LogP contribution < -0.4 is 5.32 Å². The van der Waals surface area contributed by atoms with Crippen molar-refractivity contribution in [2.24, 2.45) is 17.8 Å². The van der Waals surface area contributed by atoms with Gasteiger partial charge in [-0.2, -0.15) is 0 Å². The van der Waals surface area contributed by atoms with Gasteiger partial charge < -0.3 is 10.2 Å². The van der Waals surface area contributed by atoms with Gasteiger partial charge in [0.2, 0.25) is 0 Å². The molecule has 2 saturated heterocycles. The molecule has 1 N–H and O–H groups in total. The van der Waals surface area contributed by atoms with Crippen molar-refractivity contribution in [1.29, 1.82) is 0 Å². The van der Waals surface area contributed by atoms with Crippen LogP contribution in [0.4, 0.5) is 0 Å². The molecule has 2 aliphatic heterocycles.